The second kappa shape index (κ2) is 20.7. The lowest BCUT2D eigenvalue weighted by Crippen LogP contribution is -2.42. The van der Waals surface area contributed by atoms with E-state index in [2.05, 4.69) is 29.0 Å². The number of aromatic hydroxyl groups is 1. The molecule has 2 aromatic heterocycles. The fraction of sp³-hybridized carbons (Fsp3) is 0.538. The van der Waals surface area contributed by atoms with Gasteiger partial charge in [0.1, 0.15) is 11.6 Å². The predicted octanol–water partition coefficient (Wildman–Crippen LogP) is 9.06. The van der Waals surface area contributed by atoms with Gasteiger partial charge < -0.3 is 41.4 Å². The minimum Gasteiger partial charge on any atom is -0.872 e. The number of fused-ring (bicyclic) bond motifs is 1. The first kappa shape index (κ1) is 45.4. The van der Waals surface area contributed by atoms with Gasteiger partial charge in [-0.05, 0) is 154 Å². The molecule has 4 aromatic rings. The molecular weight excluding hydrogens is 779 g/mol. The zero-order chi connectivity index (χ0) is 43.8. The molecule has 10 unspecified atom stereocenters. The van der Waals surface area contributed by atoms with Crippen molar-refractivity contribution in [2.75, 3.05) is 5.73 Å². The highest BCUT2D eigenvalue weighted by molar-refractivity contribution is 5.71. The summed E-state index contributed by atoms with van der Waals surface area (Å²) < 4.78 is 0. The molecule has 3 aliphatic carbocycles. The number of nitrogens with two attached hydrogens (primary N) is 1. The van der Waals surface area contributed by atoms with Crippen LogP contribution in [0.3, 0.4) is 0 Å². The second-order valence-corrected chi connectivity index (χ2v) is 19.1. The van der Waals surface area contributed by atoms with Crippen LogP contribution in [0.5, 0.6) is 11.5 Å². The summed E-state index contributed by atoms with van der Waals surface area (Å²) in [5.74, 6) is -1.90. The molecule has 7 rings (SSSR count). The molecule has 2 saturated carbocycles. The Labute approximate surface area is 367 Å². The number of aromatic nitrogens is 2. The Morgan fingerprint density at radius 1 is 0.903 bits per heavy atom. The Bertz CT molecular complexity index is 2100. The van der Waals surface area contributed by atoms with Crippen molar-refractivity contribution in [1.29, 1.82) is 0 Å². The maximum Gasteiger partial charge on any atom is 0.309 e. The van der Waals surface area contributed by atoms with Crippen molar-refractivity contribution in [1.82, 2.24) is 9.97 Å². The topological polar surface area (TPSA) is 196 Å². The average molecular weight is 847 g/mol. The van der Waals surface area contributed by atoms with Crippen LogP contribution in [0.15, 0.2) is 85.1 Å². The highest BCUT2D eigenvalue weighted by Crippen LogP contribution is 2.53. The van der Waals surface area contributed by atoms with Gasteiger partial charge in [0.05, 0.1) is 23.7 Å². The number of aliphatic carboxylic acids is 1. The van der Waals surface area contributed by atoms with Crippen molar-refractivity contribution in [3.63, 3.8) is 0 Å². The third kappa shape index (κ3) is 11.1. The Balaban J connectivity index is 1.15. The number of aliphatic hydroxyl groups excluding tert-OH is 2. The van der Waals surface area contributed by atoms with E-state index in [9.17, 15) is 35.4 Å². The molecule has 0 radical (unpaired) electrons. The maximum absolute atomic E-state index is 13.4. The third-order valence-electron chi connectivity index (χ3n) is 14.7. The van der Waals surface area contributed by atoms with Gasteiger partial charge in [-0.15, -0.1) is 5.75 Å². The number of unbranched alkanes of at least 4 members (excludes halogenated alkanes) is 3. The maximum atomic E-state index is 13.4. The average Bonchev–Trinajstić information content (AvgIpc) is 3.85. The number of anilines is 1. The van der Waals surface area contributed by atoms with Gasteiger partial charge in [0.25, 0.3) is 0 Å². The first-order valence-electron chi connectivity index (χ1n) is 23.4. The number of rotatable bonds is 16. The number of hydrogen-bond donors (Lipinski definition) is 7. The molecule has 0 saturated heterocycles. The lowest BCUT2D eigenvalue weighted by molar-refractivity contribution is -0.269. The predicted molar refractivity (Wildman–Crippen MR) is 241 cm³/mol. The number of aromatic amines is 1. The van der Waals surface area contributed by atoms with Crippen molar-refractivity contribution in [3.8, 4) is 22.8 Å². The summed E-state index contributed by atoms with van der Waals surface area (Å²) in [6, 6.07) is 20.5. The minimum atomic E-state index is -1.16. The number of hydrogen-bond acceptors (Lipinski definition) is 8. The van der Waals surface area contributed by atoms with Crippen molar-refractivity contribution in [2.45, 2.75) is 140 Å². The Morgan fingerprint density at radius 3 is 2.45 bits per heavy atom. The van der Waals surface area contributed by atoms with E-state index in [4.69, 9.17) is 5.73 Å². The van der Waals surface area contributed by atoms with E-state index in [1.54, 1.807) is 12.3 Å². The fourth-order valence-corrected chi connectivity index (χ4v) is 11.6. The number of phenolic OH excluding ortho intramolecular Hbond substituents is 1. The Morgan fingerprint density at radius 2 is 1.69 bits per heavy atom. The van der Waals surface area contributed by atoms with Gasteiger partial charge in [0, 0.05) is 35.0 Å². The van der Waals surface area contributed by atoms with Gasteiger partial charge in [-0.25, -0.2) is 4.98 Å². The van der Waals surface area contributed by atoms with Crippen molar-refractivity contribution in [3.05, 3.63) is 107 Å². The molecule has 2 heterocycles. The van der Waals surface area contributed by atoms with Crippen molar-refractivity contribution in [2.24, 2.45) is 35.5 Å². The van der Waals surface area contributed by atoms with Crippen LogP contribution < -0.4 is 10.8 Å². The zero-order valence-corrected chi connectivity index (χ0v) is 36.4. The first-order valence-corrected chi connectivity index (χ1v) is 23.4. The monoisotopic (exact) mass is 847 g/mol. The zero-order valence-electron chi connectivity index (χ0n) is 36.4. The number of carboxylic acids is 1. The quantitative estimate of drug-likeness (QED) is 0.0425. The number of H-pyrrole nitrogens is 1. The molecule has 334 valence electrons. The fourth-order valence-electron chi connectivity index (χ4n) is 11.6. The third-order valence-corrected chi connectivity index (χ3v) is 14.7. The summed E-state index contributed by atoms with van der Waals surface area (Å²) in [7, 11) is 0. The molecule has 0 amide bonds. The van der Waals surface area contributed by atoms with Crippen LogP contribution in [0.4, 0.5) is 5.82 Å². The number of nitrogen functional groups attached to an aromatic ring is 1. The number of phenols is 1. The SMILES string of the molecule is CCCCCC1C=CC(CCCCC2CCC(c3ccc(-c4cc(O)cc([O-])c4Cc4ccccc4)[nH]3)C3CC(Cc4ccnc(N)c4)CC3(O)CCC(O)C2C(=O)O)C(O)C1. The van der Waals surface area contributed by atoms with Crippen LogP contribution in [0.25, 0.3) is 11.3 Å². The smallest absolute Gasteiger partial charge is 0.309 e. The summed E-state index contributed by atoms with van der Waals surface area (Å²) in [5, 5.41) is 70.2. The van der Waals surface area contributed by atoms with E-state index in [0.29, 0.717) is 67.1 Å². The molecule has 0 bridgehead atoms. The number of nitrogens with zero attached hydrogens (tertiary/aromatic N) is 1. The molecule has 10 heteroatoms. The summed E-state index contributed by atoms with van der Waals surface area (Å²) in [5.41, 5.74) is 9.72. The highest BCUT2D eigenvalue weighted by atomic mass is 16.4. The summed E-state index contributed by atoms with van der Waals surface area (Å²) in [6.45, 7) is 2.21. The largest absolute Gasteiger partial charge is 0.872 e. The van der Waals surface area contributed by atoms with Crippen LogP contribution >= 0.6 is 0 Å². The molecule has 0 aliphatic heterocycles. The van der Waals surface area contributed by atoms with Crippen LogP contribution in [0.2, 0.25) is 0 Å². The van der Waals surface area contributed by atoms with Crippen LogP contribution in [0.1, 0.15) is 132 Å². The van der Waals surface area contributed by atoms with E-state index < -0.39 is 23.6 Å². The number of carbonyl (C=O) groups is 1. The van der Waals surface area contributed by atoms with E-state index in [0.717, 1.165) is 55.3 Å². The second-order valence-electron chi connectivity index (χ2n) is 19.1. The van der Waals surface area contributed by atoms with Crippen molar-refractivity contribution >= 4 is 11.8 Å². The summed E-state index contributed by atoms with van der Waals surface area (Å²) in [6.07, 6.45) is 17.3. The van der Waals surface area contributed by atoms with Crippen LogP contribution in [0, 0.1) is 35.5 Å². The molecule has 62 heavy (non-hydrogen) atoms. The molecule has 8 N–H and O–H groups in total. The van der Waals surface area contributed by atoms with Gasteiger partial charge in [-0.3, -0.25) is 4.79 Å². The molecular formula is C52H68N3O7-. The minimum absolute atomic E-state index is 0.0998. The van der Waals surface area contributed by atoms with Gasteiger partial charge >= 0.3 is 5.97 Å². The van der Waals surface area contributed by atoms with E-state index >= 15 is 0 Å². The molecule has 10 nitrogen and oxygen atoms in total. The normalized spacial score (nSPS) is 29.0. The number of aliphatic hydroxyl groups is 3. The first-order chi connectivity index (χ1) is 29.9. The van der Waals surface area contributed by atoms with Crippen LogP contribution in [-0.4, -0.2) is 59.3 Å². The molecule has 10 atom stereocenters. The van der Waals surface area contributed by atoms with Gasteiger partial charge in [-0.2, -0.15) is 0 Å². The summed E-state index contributed by atoms with van der Waals surface area (Å²) in [4.78, 5) is 20.9. The standard InChI is InChI=1S/C52H69N3O7/c1-2-3-5-10-34-15-16-37(47(58)28-34)13-8-9-14-38-17-18-40(44-19-20-45(55-44)41-30-39(56)31-48(59)42(41)26-33-11-6-4-7-12-33)43-27-36(25-35-22-24-54-49(53)29-35)32-52(43,62)23-21-46(57)50(38)51(60)61/h4,6-7,11-12,15-16,19-20,22,24,29-31,34,36-38,40,43,46-47,50,55-59,62H,2-3,5,8-10,13-14,17-18,21,23,25-28,32H2,1H3,(H2,53,54)(H,60,61)/p-1. The van der Waals surface area contributed by atoms with E-state index in [1.165, 1.54) is 25.3 Å². The highest BCUT2D eigenvalue weighted by Gasteiger charge is 2.51. The molecule has 3 aliphatic rings. The van der Waals surface area contributed by atoms with E-state index in [1.807, 2.05) is 54.6 Å². The lowest BCUT2D eigenvalue weighted by Gasteiger charge is -2.39. The molecule has 0 spiro atoms. The van der Waals surface area contributed by atoms with Gasteiger partial charge in [0.2, 0.25) is 0 Å². The number of benzene rings is 2. The molecule has 2 fully saturated rings. The number of carboxylic acid groups (broad SMARTS) is 1. The number of nitrogens with one attached hydrogen (secondary N) is 1. The van der Waals surface area contributed by atoms with Crippen molar-refractivity contribution < 1.29 is 35.4 Å². The Hall–Kier alpha value is -4.64. The molecule has 2 aromatic carbocycles. The van der Waals surface area contributed by atoms with Gasteiger partial charge in [0.15, 0.2) is 0 Å². The number of pyridine rings is 1. The number of allylic oxidation sites excluding steroid dienone is 1. The van der Waals surface area contributed by atoms with Crippen LogP contribution in [-0.2, 0) is 17.6 Å². The summed E-state index contributed by atoms with van der Waals surface area (Å²) >= 11 is 0. The van der Waals surface area contributed by atoms with Gasteiger partial charge in [-0.1, -0.05) is 81.5 Å². The van der Waals surface area contributed by atoms with E-state index in [-0.39, 0.29) is 60.0 Å². The lowest BCUT2D eigenvalue weighted by atomic mass is 9.69. The Kier molecular flexibility index (Phi) is 15.1.